The highest BCUT2D eigenvalue weighted by Gasteiger charge is 2.11. The average Bonchev–Trinajstić information content (AvgIpc) is 2.86. The number of carboxylic acids is 1. The Labute approximate surface area is 106 Å². The fourth-order valence-electron chi connectivity index (χ4n) is 1.24. The normalized spacial score (nSPS) is 10.6. The SMILES string of the molecule is Cc1cscc1-c1noc(CSCC(=O)O)n1. The van der Waals surface area contributed by atoms with Gasteiger partial charge in [-0.25, -0.2) is 0 Å². The van der Waals surface area contributed by atoms with Crippen LogP contribution in [0.1, 0.15) is 11.5 Å². The van der Waals surface area contributed by atoms with Crippen molar-refractivity contribution in [3.05, 3.63) is 22.2 Å². The van der Waals surface area contributed by atoms with Gasteiger partial charge in [0.15, 0.2) is 0 Å². The zero-order chi connectivity index (χ0) is 12.3. The van der Waals surface area contributed by atoms with Gasteiger partial charge in [0, 0.05) is 10.9 Å². The van der Waals surface area contributed by atoms with Crippen LogP contribution in [0.2, 0.25) is 0 Å². The Morgan fingerprint density at radius 3 is 3.06 bits per heavy atom. The van der Waals surface area contributed by atoms with Gasteiger partial charge < -0.3 is 9.63 Å². The Kier molecular flexibility index (Phi) is 3.80. The van der Waals surface area contributed by atoms with Gasteiger partial charge in [-0.05, 0) is 17.9 Å². The number of nitrogens with zero attached hydrogens (tertiary/aromatic N) is 2. The maximum Gasteiger partial charge on any atom is 0.313 e. The second-order valence-corrected chi connectivity index (χ2v) is 5.10. The van der Waals surface area contributed by atoms with E-state index in [0.717, 1.165) is 11.1 Å². The summed E-state index contributed by atoms with van der Waals surface area (Å²) in [6.45, 7) is 1.99. The zero-order valence-corrected chi connectivity index (χ0v) is 10.7. The number of aromatic nitrogens is 2. The molecule has 2 rings (SSSR count). The number of carboxylic acid groups (broad SMARTS) is 1. The quantitative estimate of drug-likeness (QED) is 0.899. The summed E-state index contributed by atoms with van der Waals surface area (Å²) in [7, 11) is 0. The van der Waals surface area contributed by atoms with Crippen LogP contribution < -0.4 is 0 Å². The van der Waals surface area contributed by atoms with E-state index in [4.69, 9.17) is 9.63 Å². The molecular weight excluding hydrogens is 260 g/mol. The molecule has 0 radical (unpaired) electrons. The van der Waals surface area contributed by atoms with Crippen LogP contribution >= 0.6 is 23.1 Å². The van der Waals surface area contributed by atoms with Crippen molar-refractivity contribution in [2.24, 2.45) is 0 Å². The van der Waals surface area contributed by atoms with E-state index in [1.165, 1.54) is 11.8 Å². The molecule has 7 heteroatoms. The molecule has 0 atom stereocenters. The minimum absolute atomic E-state index is 0.0369. The number of aryl methyl sites for hydroxylation is 1. The van der Waals surface area contributed by atoms with E-state index in [2.05, 4.69) is 10.1 Å². The summed E-state index contributed by atoms with van der Waals surface area (Å²) in [4.78, 5) is 14.6. The smallest absolute Gasteiger partial charge is 0.313 e. The van der Waals surface area contributed by atoms with Gasteiger partial charge in [0.25, 0.3) is 0 Å². The summed E-state index contributed by atoms with van der Waals surface area (Å²) in [5, 5.41) is 16.4. The van der Waals surface area contributed by atoms with E-state index in [1.54, 1.807) is 11.3 Å². The lowest BCUT2D eigenvalue weighted by Crippen LogP contribution is -1.98. The molecular formula is C10H10N2O3S2. The molecule has 0 saturated carbocycles. The first-order valence-corrected chi connectivity index (χ1v) is 6.92. The molecule has 0 amide bonds. The van der Waals surface area contributed by atoms with Crippen LogP contribution in [0.4, 0.5) is 0 Å². The van der Waals surface area contributed by atoms with Crippen LogP contribution in [0.3, 0.4) is 0 Å². The Bertz CT molecular complexity index is 521. The van der Waals surface area contributed by atoms with Crippen LogP contribution in [-0.4, -0.2) is 27.0 Å². The van der Waals surface area contributed by atoms with Crippen molar-refractivity contribution < 1.29 is 14.4 Å². The van der Waals surface area contributed by atoms with Crippen LogP contribution in [0, 0.1) is 6.92 Å². The Hall–Kier alpha value is -1.34. The summed E-state index contributed by atoms with van der Waals surface area (Å²) in [5.74, 6) is 0.632. The molecule has 0 aromatic carbocycles. The van der Waals surface area contributed by atoms with E-state index in [0.29, 0.717) is 17.5 Å². The third-order valence-corrected chi connectivity index (χ3v) is 3.78. The van der Waals surface area contributed by atoms with E-state index >= 15 is 0 Å². The summed E-state index contributed by atoms with van der Waals surface area (Å²) in [6, 6.07) is 0. The third-order valence-electron chi connectivity index (χ3n) is 2.02. The van der Waals surface area contributed by atoms with Gasteiger partial charge in [-0.15, -0.1) is 11.8 Å². The van der Waals surface area contributed by atoms with Crippen molar-refractivity contribution in [2.75, 3.05) is 5.75 Å². The van der Waals surface area contributed by atoms with Gasteiger partial charge in [-0.1, -0.05) is 5.16 Å². The van der Waals surface area contributed by atoms with Crippen molar-refractivity contribution in [2.45, 2.75) is 12.7 Å². The molecule has 0 spiro atoms. The summed E-state index contributed by atoms with van der Waals surface area (Å²) >= 11 is 2.82. The van der Waals surface area contributed by atoms with Gasteiger partial charge >= 0.3 is 5.97 Å². The maximum atomic E-state index is 10.3. The number of thioether (sulfide) groups is 1. The summed E-state index contributed by atoms with van der Waals surface area (Å²) < 4.78 is 5.06. The molecule has 0 fully saturated rings. The number of thiophene rings is 1. The number of aliphatic carboxylic acids is 1. The number of hydrogen-bond donors (Lipinski definition) is 1. The lowest BCUT2D eigenvalue weighted by atomic mass is 10.2. The van der Waals surface area contributed by atoms with Crippen LogP contribution in [0.15, 0.2) is 15.3 Å². The first-order chi connectivity index (χ1) is 8.16. The van der Waals surface area contributed by atoms with E-state index < -0.39 is 5.97 Å². The molecule has 2 aromatic heterocycles. The molecule has 2 aromatic rings. The van der Waals surface area contributed by atoms with Gasteiger partial charge in [0.05, 0.1) is 11.5 Å². The minimum Gasteiger partial charge on any atom is -0.481 e. The fraction of sp³-hybridized carbons (Fsp3) is 0.300. The summed E-state index contributed by atoms with van der Waals surface area (Å²) in [6.07, 6.45) is 0. The third kappa shape index (κ3) is 3.07. The Morgan fingerprint density at radius 1 is 1.59 bits per heavy atom. The first-order valence-electron chi connectivity index (χ1n) is 4.82. The Balaban J connectivity index is 2.01. The van der Waals surface area contributed by atoms with Gasteiger partial charge in [-0.3, -0.25) is 4.79 Å². The van der Waals surface area contributed by atoms with Crippen molar-refractivity contribution in [3.8, 4) is 11.4 Å². The standard InChI is InChI=1S/C10H10N2O3S2/c1-6-2-16-3-7(6)10-11-8(15-12-10)4-17-5-9(13)14/h2-3H,4-5H2,1H3,(H,13,14). The summed E-state index contributed by atoms with van der Waals surface area (Å²) in [5.41, 5.74) is 2.08. The largest absolute Gasteiger partial charge is 0.481 e. The minimum atomic E-state index is -0.844. The molecule has 2 heterocycles. The topological polar surface area (TPSA) is 76.2 Å². The first kappa shape index (κ1) is 12.1. The number of rotatable bonds is 5. The number of carbonyl (C=O) groups is 1. The zero-order valence-electron chi connectivity index (χ0n) is 9.04. The van der Waals surface area contributed by atoms with Crippen LogP contribution in [0.25, 0.3) is 11.4 Å². The molecule has 90 valence electrons. The van der Waals surface area contributed by atoms with Crippen molar-refractivity contribution in [1.29, 1.82) is 0 Å². The average molecular weight is 270 g/mol. The molecule has 0 saturated heterocycles. The molecule has 5 nitrogen and oxygen atoms in total. The van der Waals surface area contributed by atoms with E-state index in [9.17, 15) is 4.79 Å². The second-order valence-electron chi connectivity index (χ2n) is 3.37. The monoisotopic (exact) mass is 270 g/mol. The molecule has 0 bridgehead atoms. The molecule has 0 unspecified atom stereocenters. The van der Waals surface area contributed by atoms with E-state index in [-0.39, 0.29) is 5.75 Å². The van der Waals surface area contributed by atoms with Crippen molar-refractivity contribution in [1.82, 2.24) is 10.1 Å². The highest BCUT2D eigenvalue weighted by molar-refractivity contribution is 7.99. The van der Waals surface area contributed by atoms with E-state index in [1.807, 2.05) is 17.7 Å². The maximum absolute atomic E-state index is 10.3. The van der Waals surface area contributed by atoms with Gasteiger partial charge in [0.1, 0.15) is 0 Å². The van der Waals surface area contributed by atoms with Crippen LogP contribution in [-0.2, 0) is 10.5 Å². The van der Waals surface area contributed by atoms with Crippen molar-refractivity contribution in [3.63, 3.8) is 0 Å². The van der Waals surface area contributed by atoms with Gasteiger partial charge in [-0.2, -0.15) is 16.3 Å². The van der Waals surface area contributed by atoms with Gasteiger partial charge in [0.2, 0.25) is 11.7 Å². The van der Waals surface area contributed by atoms with Crippen LogP contribution in [0.5, 0.6) is 0 Å². The molecule has 17 heavy (non-hydrogen) atoms. The highest BCUT2D eigenvalue weighted by atomic mass is 32.2. The predicted molar refractivity (Wildman–Crippen MR) is 66.1 cm³/mol. The molecule has 0 aliphatic carbocycles. The lowest BCUT2D eigenvalue weighted by Gasteiger charge is -1.91. The highest BCUT2D eigenvalue weighted by Crippen LogP contribution is 2.24. The molecule has 0 aliphatic rings. The molecule has 1 N–H and O–H groups in total. The second kappa shape index (κ2) is 5.33. The number of hydrogen-bond acceptors (Lipinski definition) is 6. The van der Waals surface area contributed by atoms with Crippen molar-refractivity contribution >= 4 is 29.1 Å². The lowest BCUT2D eigenvalue weighted by molar-refractivity contribution is -0.133. The Morgan fingerprint density at radius 2 is 2.41 bits per heavy atom. The fourth-order valence-corrected chi connectivity index (χ4v) is 2.63. The predicted octanol–water partition coefficient (Wildman–Crippen LogP) is 2.42. The molecule has 0 aliphatic heterocycles.